The van der Waals surface area contributed by atoms with Crippen LogP contribution in [0.25, 0.3) is 0 Å². The molecular weight excluding hydrogens is 328 g/mol. The molecule has 0 bridgehead atoms. The topological polar surface area (TPSA) is 55.2 Å². The van der Waals surface area contributed by atoms with Crippen molar-refractivity contribution in [3.8, 4) is 0 Å². The Kier molecular flexibility index (Phi) is 4.21. The summed E-state index contributed by atoms with van der Waals surface area (Å²) in [6.45, 7) is 3.80. The molecule has 1 heterocycles. The molecule has 1 aromatic heterocycles. The lowest BCUT2D eigenvalue weighted by atomic mass is 10.1. The van der Waals surface area contributed by atoms with Crippen LogP contribution in [0.3, 0.4) is 0 Å². The maximum Gasteiger partial charge on any atom is 0.273 e. The van der Waals surface area contributed by atoms with Crippen LogP contribution in [0.2, 0.25) is 0 Å². The largest absolute Gasteiger partial charge is 0.378 e. The molecule has 1 N–H and O–H groups in total. The summed E-state index contributed by atoms with van der Waals surface area (Å²) in [4.78, 5) is 10.5. The number of hydrogen-bond acceptors (Lipinski definition) is 4. The van der Waals surface area contributed by atoms with Gasteiger partial charge in [0.2, 0.25) is 0 Å². The van der Waals surface area contributed by atoms with Gasteiger partial charge in [0.25, 0.3) is 5.69 Å². The van der Waals surface area contributed by atoms with Crippen molar-refractivity contribution >= 4 is 38.6 Å². The molecule has 0 spiro atoms. The van der Waals surface area contributed by atoms with E-state index in [1.54, 1.807) is 24.3 Å². The first-order valence-corrected chi connectivity index (χ1v) is 7.46. The minimum absolute atomic E-state index is 0.126. The number of benzene rings is 1. The highest BCUT2D eigenvalue weighted by Crippen LogP contribution is 2.33. The number of nitro groups is 1. The number of aryl methyl sites for hydroxylation is 1. The number of thiophene rings is 1. The lowest BCUT2D eigenvalue weighted by molar-refractivity contribution is -0.385. The van der Waals surface area contributed by atoms with Gasteiger partial charge in [-0.15, -0.1) is 0 Å². The van der Waals surface area contributed by atoms with Crippen molar-refractivity contribution in [2.75, 3.05) is 5.32 Å². The van der Waals surface area contributed by atoms with Crippen LogP contribution in [-0.4, -0.2) is 4.92 Å². The number of nitrogens with one attached hydrogen (secondary N) is 1. The molecule has 2 rings (SSSR count). The number of rotatable bonds is 4. The fourth-order valence-corrected chi connectivity index (χ4v) is 3.02. The van der Waals surface area contributed by atoms with Crippen LogP contribution in [0.15, 0.2) is 33.4 Å². The third-order valence-electron chi connectivity index (χ3n) is 2.90. The number of halogens is 1. The van der Waals surface area contributed by atoms with Crippen LogP contribution in [-0.2, 0) is 0 Å². The van der Waals surface area contributed by atoms with Gasteiger partial charge < -0.3 is 5.32 Å². The summed E-state index contributed by atoms with van der Waals surface area (Å²) < 4.78 is 0.701. The van der Waals surface area contributed by atoms with Gasteiger partial charge >= 0.3 is 0 Å². The zero-order valence-electron chi connectivity index (χ0n) is 10.5. The second-order valence-corrected chi connectivity index (χ2v) is 5.93. The number of anilines is 1. The molecule has 0 aliphatic heterocycles. The van der Waals surface area contributed by atoms with E-state index >= 15 is 0 Å². The maximum absolute atomic E-state index is 10.9. The van der Waals surface area contributed by atoms with Crippen LogP contribution < -0.4 is 5.32 Å². The van der Waals surface area contributed by atoms with Gasteiger partial charge in [-0.25, -0.2) is 0 Å². The molecule has 2 aromatic rings. The SMILES string of the molecule is Cc1cc(NC(C)c2ccsc2)c(Br)cc1[N+](=O)[O-]. The second kappa shape index (κ2) is 5.71. The van der Waals surface area contributed by atoms with E-state index in [1.165, 1.54) is 11.6 Å². The molecule has 0 radical (unpaired) electrons. The van der Waals surface area contributed by atoms with Crippen molar-refractivity contribution in [3.05, 3.63) is 54.7 Å². The molecule has 4 nitrogen and oxygen atoms in total. The maximum atomic E-state index is 10.9. The summed E-state index contributed by atoms with van der Waals surface area (Å²) in [6, 6.07) is 5.56. The normalized spacial score (nSPS) is 12.2. The first kappa shape index (κ1) is 14.0. The Morgan fingerprint density at radius 3 is 2.79 bits per heavy atom. The van der Waals surface area contributed by atoms with Crippen LogP contribution in [0.5, 0.6) is 0 Å². The van der Waals surface area contributed by atoms with E-state index in [0.29, 0.717) is 10.0 Å². The van der Waals surface area contributed by atoms with E-state index in [0.717, 1.165) is 5.69 Å². The van der Waals surface area contributed by atoms with Crippen molar-refractivity contribution in [2.24, 2.45) is 0 Å². The molecule has 6 heteroatoms. The summed E-state index contributed by atoms with van der Waals surface area (Å²) in [5.74, 6) is 0. The van der Waals surface area contributed by atoms with Gasteiger partial charge in [-0.05, 0) is 58.2 Å². The predicted molar refractivity (Wildman–Crippen MR) is 81.9 cm³/mol. The van der Waals surface area contributed by atoms with Gasteiger partial charge in [0.1, 0.15) is 0 Å². The highest BCUT2D eigenvalue weighted by atomic mass is 79.9. The monoisotopic (exact) mass is 340 g/mol. The molecule has 0 aliphatic carbocycles. The molecule has 1 aromatic carbocycles. The predicted octanol–water partition coefficient (Wildman–Crippen LogP) is 4.90. The number of nitrogens with zero attached hydrogens (tertiary/aromatic N) is 1. The van der Waals surface area contributed by atoms with Crippen LogP contribution >= 0.6 is 27.3 Å². The van der Waals surface area contributed by atoms with E-state index in [2.05, 4.69) is 39.6 Å². The van der Waals surface area contributed by atoms with Gasteiger partial charge in [-0.2, -0.15) is 11.3 Å². The zero-order valence-corrected chi connectivity index (χ0v) is 12.9. The van der Waals surface area contributed by atoms with Crippen LogP contribution in [0, 0.1) is 17.0 Å². The quantitative estimate of drug-likeness (QED) is 0.636. The lowest BCUT2D eigenvalue weighted by Crippen LogP contribution is -2.06. The highest BCUT2D eigenvalue weighted by Gasteiger charge is 2.15. The standard InChI is InChI=1S/C13H13BrN2O2S/c1-8-5-12(11(14)6-13(8)16(17)18)15-9(2)10-3-4-19-7-10/h3-7,9,15H,1-2H3. The van der Waals surface area contributed by atoms with E-state index in [-0.39, 0.29) is 16.7 Å². The average molecular weight is 341 g/mol. The first-order valence-electron chi connectivity index (χ1n) is 5.72. The highest BCUT2D eigenvalue weighted by molar-refractivity contribution is 9.10. The van der Waals surface area contributed by atoms with Gasteiger partial charge in [0, 0.05) is 27.8 Å². The molecule has 19 heavy (non-hydrogen) atoms. The van der Waals surface area contributed by atoms with Crippen molar-refractivity contribution < 1.29 is 4.92 Å². The molecule has 0 fully saturated rings. The second-order valence-electron chi connectivity index (χ2n) is 4.30. The average Bonchev–Trinajstić information content (AvgIpc) is 2.86. The van der Waals surface area contributed by atoms with Crippen molar-refractivity contribution in [2.45, 2.75) is 19.9 Å². The van der Waals surface area contributed by atoms with E-state index in [9.17, 15) is 10.1 Å². The third kappa shape index (κ3) is 3.13. The van der Waals surface area contributed by atoms with Gasteiger partial charge in [0.05, 0.1) is 4.92 Å². The molecule has 0 amide bonds. The number of nitro benzene ring substituents is 1. The van der Waals surface area contributed by atoms with Crippen molar-refractivity contribution in [1.82, 2.24) is 0 Å². The minimum atomic E-state index is -0.369. The smallest absolute Gasteiger partial charge is 0.273 e. The molecule has 0 saturated heterocycles. The van der Waals surface area contributed by atoms with Gasteiger partial charge in [-0.1, -0.05) is 0 Å². The molecule has 1 atom stereocenters. The van der Waals surface area contributed by atoms with Crippen molar-refractivity contribution in [3.63, 3.8) is 0 Å². The van der Waals surface area contributed by atoms with Crippen LogP contribution in [0.1, 0.15) is 24.1 Å². The third-order valence-corrected chi connectivity index (χ3v) is 4.26. The van der Waals surface area contributed by atoms with Gasteiger partial charge in [-0.3, -0.25) is 10.1 Å². The molecule has 0 saturated carbocycles. The lowest BCUT2D eigenvalue weighted by Gasteiger charge is -2.16. The molecular formula is C13H13BrN2O2S. The Balaban J connectivity index is 2.26. The summed E-state index contributed by atoms with van der Waals surface area (Å²) in [7, 11) is 0. The summed E-state index contributed by atoms with van der Waals surface area (Å²) in [5, 5.41) is 18.3. The Morgan fingerprint density at radius 2 is 2.21 bits per heavy atom. The summed E-state index contributed by atoms with van der Waals surface area (Å²) >= 11 is 5.03. The summed E-state index contributed by atoms with van der Waals surface area (Å²) in [5.41, 5.74) is 2.84. The fourth-order valence-electron chi connectivity index (χ4n) is 1.82. The Labute approximate surface area is 123 Å². The minimum Gasteiger partial charge on any atom is -0.378 e. The fraction of sp³-hybridized carbons (Fsp3) is 0.231. The molecule has 1 unspecified atom stereocenters. The van der Waals surface area contributed by atoms with E-state index < -0.39 is 0 Å². The zero-order chi connectivity index (χ0) is 14.0. The van der Waals surface area contributed by atoms with E-state index in [1.807, 2.05) is 5.38 Å². The number of hydrogen-bond donors (Lipinski definition) is 1. The van der Waals surface area contributed by atoms with Crippen LogP contribution in [0.4, 0.5) is 11.4 Å². The van der Waals surface area contributed by atoms with Crippen molar-refractivity contribution in [1.29, 1.82) is 0 Å². The van der Waals surface area contributed by atoms with Gasteiger partial charge in [0.15, 0.2) is 0 Å². The molecule has 0 aliphatic rings. The Morgan fingerprint density at radius 1 is 1.47 bits per heavy atom. The Hall–Kier alpha value is -1.40. The summed E-state index contributed by atoms with van der Waals surface area (Å²) in [6.07, 6.45) is 0. The van der Waals surface area contributed by atoms with E-state index in [4.69, 9.17) is 0 Å². The Bertz CT molecular complexity index is 599. The molecule has 100 valence electrons. The first-order chi connectivity index (χ1) is 8.99.